The second-order valence-corrected chi connectivity index (χ2v) is 6.54. The van der Waals surface area contributed by atoms with Gasteiger partial charge in [0, 0.05) is 13.1 Å². The lowest BCUT2D eigenvalue weighted by molar-refractivity contribution is 0.499. The number of aryl methyl sites for hydroxylation is 2. The molecule has 0 radical (unpaired) electrons. The van der Waals surface area contributed by atoms with Gasteiger partial charge in [0.2, 0.25) is 0 Å². The zero-order chi connectivity index (χ0) is 14.3. The van der Waals surface area contributed by atoms with Crippen LogP contribution in [0.4, 0.5) is 0 Å². The Hall–Kier alpha value is -1.03. The summed E-state index contributed by atoms with van der Waals surface area (Å²) in [6, 6.07) is 0.543. The molecular weight excluding hydrogens is 272 g/mol. The maximum atomic E-state index is 6.38. The van der Waals surface area contributed by atoms with Crippen LogP contribution in [-0.4, -0.2) is 19.3 Å². The summed E-state index contributed by atoms with van der Waals surface area (Å²) in [6.45, 7) is 4.20. The SMILES string of the molecule is CCCc1nn(C)c2c1nc(C(C)Cl)n2C1CCCC1. The highest BCUT2D eigenvalue weighted by molar-refractivity contribution is 6.20. The molecule has 0 bridgehead atoms. The molecule has 1 atom stereocenters. The average molecular weight is 295 g/mol. The Bertz CT molecular complexity index is 605. The van der Waals surface area contributed by atoms with E-state index in [9.17, 15) is 0 Å². The van der Waals surface area contributed by atoms with E-state index in [-0.39, 0.29) is 5.38 Å². The van der Waals surface area contributed by atoms with Gasteiger partial charge < -0.3 is 4.57 Å². The second-order valence-electron chi connectivity index (χ2n) is 5.89. The number of nitrogens with zero attached hydrogens (tertiary/aromatic N) is 4. The molecule has 0 N–H and O–H groups in total. The number of fused-ring (bicyclic) bond motifs is 1. The Balaban J connectivity index is 2.20. The summed E-state index contributed by atoms with van der Waals surface area (Å²) >= 11 is 6.38. The summed E-state index contributed by atoms with van der Waals surface area (Å²) < 4.78 is 4.36. The van der Waals surface area contributed by atoms with E-state index in [0.29, 0.717) is 6.04 Å². The quantitative estimate of drug-likeness (QED) is 0.795. The molecule has 20 heavy (non-hydrogen) atoms. The van der Waals surface area contributed by atoms with Gasteiger partial charge in [0.25, 0.3) is 0 Å². The predicted octanol–water partition coefficient (Wildman–Crippen LogP) is 4.14. The van der Waals surface area contributed by atoms with Crippen LogP contribution in [-0.2, 0) is 13.5 Å². The van der Waals surface area contributed by atoms with E-state index < -0.39 is 0 Å². The van der Waals surface area contributed by atoms with Gasteiger partial charge >= 0.3 is 0 Å². The van der Waals surface area contributed by atoms with E-state index in [1.54, 1.807) is 0 Å². The van der Waals surface area contributed by atoms with Crippen LogP contribution in [0.25, 0.3) is 11.2 Å². The van der Waals surface area contributed by atoms with E-state index in [2.05, 4.69) is 16.6 Å². The van der Waals surface area contributed by atoms with Gasteiger partial charge in [-0.2, -0.15) is 5.10 Å². The monoisotopic (exact) mass is 294 g/mol. The van der Waals surface area contributed by atoms with Crippen LogP contribution in [0.15, 0.2) is 0 Å². The standard InChI is InChI=1S/C15H23ClN4/c1-4-7-12-13-15(19(3)18-12)20(11-8-5-6-9-11)14(17-13)10(2)16/h10-11H,4-9H2,1-3H3. The molecule has 0 saturated heterocycles. The number of aromatic nitrogens is 4. The van der Waals surface area contributed by atoms with Crippen molar-refractivity contribution in [2.45, 2.75) is 63.8 Å². The maximum Gasteiger partial charge on any atom is 0.158 e. The summed E-state index contributed by atoms with van der Waals surface area (Å²) in [5, 5.41) is 4.60. The Morgan fingerprint density at radius 2 is 2.05 bits per heavy atom. The lowest BCUT2D eigenvalue weighted by Gasteiger charge is -2.17. The molecule has 0 spiro atoms. The van der Waals surface area contributed by atoms with Crippen LogP contribution in [0.1, 0.15) is 68.9 Å². The normalized spacial score (nSPS) is 18.2. The summed E-state index contributed by atoms with van der Waals surface area (Å²) in [7, 11) is 2.03. The van der Waals surface area contributed by atoms with Gasteiger partial charge in [-0.1, -0.05) is 26.2 Å². The molecule has 1 aliphatic rings. The zero-order valence-corrected chi connectivity index (χ0v) is 13.3. The molecule has 1 saturated carbocycles. The molecule has 0 aliphatic heterocycles. The van der Waals surface area contributed by atoms with Gasteiger partial charge in [-0.3, -0.25) is 4.68 Å². The summed E-state index contributed by atoms with van der Waals surface area (Å²) in [5.41, 5.74) is 3.33. The minimum Gasteiger partial charge on any atom is -0.309 e. The lowest BCUT2D eigenvalue weighted by atomic mass is 10.2. The molecular formula is C15H23ClN4. The fraction of sp³-hybridized carbons (Fsp3) is 0.733. The van der Waals surface area contributed by atoms with Crippen LogP contribution in [0.5, 0.6) is 0 Å². The number of hydrogen-bond acceptors (Lipinski definition) is 2. The van der Waals surface area contributed by atoms with Crippen LogP contribution >= 0.6 is 11.6 Å². The molecule has 2 aromatic heterocycles. The van der Waals surface area contributed by atoms with Crippen molar-refractivity contribution in [2.24, 2.45) is 7.05 Å². The van der Waals surface area contributed by atoms with Crippen molar-refractivity contribution in [3.63, 3.8) is 0 Å². The van der Waals surface area contributed by atoms with E-state index in [4.69, 9.17) is 16.6 Å². The zero-order valence-electron chi connectivity index (χ0n) is 12.6. The number of imidazole rings is 1. The summed E-state index contributed by atoms with van der Waals surface area (Å²) in [4.78, 5) is 4.84. The molecule has 5 heteroatoms. The molecule has 1 fully saturated rings. The molecule has 4 nitrogen and oxygen atoms in total. The van der Waals surface area contributed by atoms with E-state index in [1.165, 1.54) is 25.7 Å². The fourth-order valence-corrected chi connectivity index (χ4v) is 3.58. The molecule has 1 aliphatic carbocycles. The van der Waals surface area contributed by atoms with Crippen molar-refractivity contribution in [2.75, 3.05) is 0 Å². The van der Waals surface area contributed by atoms with E-state index >= 15 is 0 Å². The molecule has 2 heterocycles. The number of hydrogen-bond donors (Lipinski definition) is 0. The van der Waals surface area contributed by atoms with Gasteiger partial charge in [0.1, 0.15) is 11.3 Å². The predicted molar refractivity (Wildman–Crippen MR) is 82.3 cm³/mol. The highest BCUT2D eigenvalue weighted by Crippen LogP contribution is 2.37. The summed E-state index contributed by atoms with van der Waals surface area (Å²) in [6.07, 6.45) is 7.15. The highest BCUT2D eigenvalue weighted by Gasteiger charge is 2.27. The van der Waals surface area contributed by atoms with Gasteiger partial charge in [-0.05, 0) is 26.2 Å². The van der Waals surface area contributed by atoms with Gasteiger partial charge in [-0.15, -0.1) is 11.6 Å². The van der Waals surface area contributed by atoms with Crippen molar-refractivity contribution in [3.05, 3.63) is 11.5 Å². The third kappa shape index (κ3) is 2.14. The maximum absolute atomic E-state index is 6.38. The van der Waals surface area contributed by atoms with Gasteiger partial charge in [0.05, 0.1) is 11.1 Å². The molecule has 0 amide bonds. The number of rotatable bonds is 4. The van der Waals surface area contributed by atoms with Crippen LogP contribution in [0.3, 0.4) is 0 Å². The van der Waals surface area contributed by atoms with Crippen LogP contribution in [0, 0.1) is 0 Å². The Morgan fingerprint density at radius 1 is 1.35 bits per heavy atom. The van der Waals surface area contributed by atoms with Crippen LogP contribution in [0.2, 0.25) is 0 Å². The van der Waals surface area contributed by atoms with Crippen molar-refractivity contribution in [1.82, 2.24) is 19.3 Å². The van der Waals surface area contributed by atoms with Crippen molar-refractivity contribution >= 4 is 22.8 Å². The molecule has 0 aromatic carbocycles. The highest BCUT2D eigenvalue weighted by atomic mass is 35.5. The first kappa shape index (κ1) is 13.9. The largest absolute Gasteiger partial charge is 0.309 e. The first-order valence-electron chi connectivity index (χ1n) is 7.71. The minimum absolute atomic E-state index is 0.0579. The van der Waals surface area contributed by atoms with Gasteiger partial charge in [0.15, 0.2) is 5.65 Å². The second kappa shape index (κ2) is 5.40. The molecule has 3 rings (SSSR count). The average Bonchev–Trinajstić information content (AvgIpc) is 3.08. The van der Waals surface area contributed by atoms with Crippen molar-refractivity contribution < 1.29 is 0 Å². The molecule has 2 aromatic rings. The third-order valence-corrected chi connectivity index (χ3v) is 4.49. The minimum atomic E-state index is -0.0579. The first-order valence-corrected chi connectivity index (χ1v) is 8.14. The van der Waals surface area contributed by atoms with E-state index in [0.717, 1.165) is 35.5 Å². The Labute approximate surface area is 125 Å². The number of halogens is 1. The first-order chi connectivity index (χ1) is 9.63. The number of alkyl halides is 1. The molecule has 1 unspecified atom stereocenters. The fourth-order valence-electron chi connectivity index (χ4n) is 3.43. The summed E-state index contributed by atoms with van der Waals surface area (Å²) in [5.74, 6) is 1.01. The molecule has 110 valence electrons. The lowest BCUT2D eigenvalue weighted by Crippen LogP contribution is -2.12. The topological polar surface area (TPSA) is 35.6 Å². The van der Waals surface area contributed by atoms with Gasteiger partial charge in [-0.25, -0.2) is 4.98 Å². The van der Waals surface area contributed by atoms with Crippen molar-refractivity contribution in [3.8, 4) is 0 Å². The Kier molecular flexibility index (Phi) is 3.76. The Morgan fingerprint density at radius 3 is 2.65 bits per heavy atom. The smallest absolute Gasteiger partial charge is 0.158 e. The van der Waals surface area contributed by atoms with E-state index in [1.807, 2.05) is 18.7 Å². The van der Waals surface area contributed by atoms with Crippen LogP contribution < -0.4 is 0 Å². The third-order valence-electron chi connectivity index (χ3n) is 4.30. The van der Waals surface area contributed by atoms with Crippen molar-refractivity contribution in [1.29, 1.82) is 0 Å².